The molecule has 1 saturated heterocycles. The SMILES string of the molecule is Cl.O=C(NCCN1CCN(C(=O)c2ccc3nsnc3c2)CC1)c1ccsc1. The van der Waals surface area contributed by atoms with Crippen molar-refractivity contribution in [3.63, 3.8) is 0 Å². The van der Waals surface area contributed by atoms with E-state index in [1.807, 2.05) is 39.9 Å². The van der Waals surface area contributed by atoms with Crippen LogP contribution < -0.4 is 5.32 Å². The fraction of sp³-hybridized carbons (Fsp3) is 0.333. The summed E-state index contributed by atoms with van der Waals surface area (Å²) >= 11 is 2.67. The molecular formula is C18H20ClN5O2S2. The number of amides is 2. The average molecular weight is 438 g/mol. The first-order chi connectivity index (χ1) is 13.2. The van der Waals surface area contributed by atoms with Crippen LogP contribution in [-0.4, -0.2) is 69.6 Å². The number of piperazine rings is 1. The average Bonchev–Trinajstić information content (AvgIpc) is 3.39. The van der Waals surface area contributed by atoms with Gasteiger partial charge in [-0.15, -0.1) is 12.4 Å². The van der Waals surface area contributed by atoms with E-state index in [9.17, 15) is 9.59 Å². The van der Waals surface area contributed by atoms with Crippen LogP contribution in [0.25, 0.3) is 11.0 Å². The molecule has 1 aromatic carbocycles. The molecule has 148 valence electrons. The summed E-state index contributed by atoms with van der Waals surface area (Å²) in [6.45, 7) is 4.38. The van der Waals surface area contributed by atoms with Crippen LogP contribution in [0.1, 0.15) is 20.7 Å². The maximum absolute atomic E-state index is 12.7. The predicted octanol–water partition coefficient (Wildman–Crippen LogP) is 2.36. The molecule has 0 spiro atoms. The van der Waals surface area contributed by atoms with Gasteiger partial charge in [0.2, 0.25) is 0 Å². The van der Waals surface area contributed by atoms with Gasteiger partial charge in [-0.2, -0.15) is 20.1 Å². The number of hydrogen-bond acceptors (Lipinski definition) is 7. The van der Waals surface area contributed by atoms with Crippen LogP contribution in [0.2, 0.25) is 0 Å². The molecule has 0 saturated carbocycles. The highest BCUT2D eigenvalue weighted by molar-refractivity contribution is 7.08. The Labute approximate surface area is 177 Å². The quantitative estimate of drug-likeness (QED) is 0.663. The summed E-state index contributed by atoms with van der Waals surface area (Å²) < 4.78 is 8.37. The number of halogens is 1. The van der Waals surface area contributed by atoms with E-state index in [4.69, 9.17) is 0 Å². The summed E-state index contributed by atoms with van der Waals surface area (Å²) in [6, 6.07) is 7.30. The van der Waals surface area contributed by atoms with E-state index in [2.05, 4.69) is 19.0 Å². The number of aromatic nitrogens is 2. The number of thiophene rings is 1. The van der Waals surface area contributed by atoms with Crippen molar-refractivity contribution in [2.45, 2.75) is 0 Å². The number of nitrogens with zero attached hydrogens (tertiary/aromatic N) is 4. The van der Waals surface area contributed by atoms with Gasteiger partial charge in [0.1, 0.15) is 11.0 Å². The summed E-state index contributed by atoms with van der Waals surface area (Å²) in [4.78, 5) is 28.8. The summed E-state index contributed by atoms with van der Waals surface area (Å²) in [5.74, 6) is 0.00676. The van der Waals surface area contributed by atoms with Gasteiger partial charge in [0, 0.05) is 55.8 Å². The summed E-state index contributed by atoms with van der Waals surface area (Å²) in [6.07, 6.45) is 0. The number of hydrogen-bond donors (Lipinski definition) is 1. The smallest absolute Gasteiger partial charge is 0.254 e. The van der Waals surface area contributed by atoms with Gasteiger partial charge < -0.3 is 10.2 Å². The third-order valence-corrected chi connectivity index (χ3v) is 5.90. The first kappa shape index (κ1) is 20.7. The highest BCUT2D eigenvalue weighted by Gasteiger charge is 2.22. The molecule has 1 aliphatic heterocycles. The van der Waals surface area contributed by atoms with Gasteiger partial charge in [0.25, 0.3) is 11.8 Å². The summed E-state index contributed by atoms with van der Waals surface area (Å²) in [7, 11) is 0. The summed E-state index contributed by atoms with van der Waals surface area (Å²) in [5.41, 5.74) is 2.96. The van der Waals surface area contributed by atoms with E-state index in [1.165, 1.54) is 11.3 Å². The molecule has 0 aliphatic carbocycles. The van der Waals surface area contributed by atoms with Gasteiger partial charge in [0.05, 0.1) is 11.7 Å². The van der Waals surface area contributed by atoms with E-state index in [0.29, 0.717) is 30.8 Å². The van der Waals surface area contributed by atoms with Crippen LogP contribution in [0.15, 0.2) is 35.0 Å². The highest BCUT2D eigenvalue weighted by atomic mass is 35.5. The van der Waals surface area contributed by atoms with Crippen molar-refractivity contribution in [1.82, 2.24) is 23.9 Å². The Morgan fingerprint density at radius 2 is 1.82 bits per heavy atom. The molecule has 0 bridgehead atoms. The zero-order valence-electron chi connectivity index (χ0n) is 15.0. The van der Waals surface area contributed by atoms with E-state index < -0.39 is 0 Å². The van der Waals surface area contributed by atoms with Crippen molar-refractivity contribution in [3.05, 3.63) is 46.2 Å². The molecule has 1 fully saturated rings. The van der Waals surface area contributed by atoms with Gasteiger partial charge >= 0.3 is 0 Å². The Bertz CT molecular complexity index is 939. The molecule has 3 aromatic rings. The van der Waals surface area contributed by atoms with Gasteiger partial charge in [-0.1, -0.05) is 0 Å². The van der Waals surface area contributed by atoms with Gasteiger partial charge in [0.15, 0.2) is 0 Å². The molecule has 1 aliphatic rings. The number of carbonyl (C=O) groups excluding carboxylic acids is 2. The summed E-state index contributed by atoms with van der Waals surface area (Å²) in [5, 5.41) is 6.68. The molecule has 28 heavy (non-hydrogen) atoms. The van der Waals surface area contributed by atoms with Crippen LogP contribution in [-0.2, 0) is 0 Å². The topological polar surface area (TPSA) is 78.4 Å². The Balaban J connectivity index is 0.00000225. The second kappa shape index (κ2) is 9.42. The van der Waals surface area contributed by atoms with E-state index >= 15 is 0 Å². The van der Waals surface area contributed by atoms with E-state index in [1.54, 1.807) is 0 Å². The van der Waals surface area contributed by atoms with Crippen molar-refractivity contribution < 1.29 is 9.59 Å². The van der Waals surface area contributed by atoms with Crippen LogP contribution in [0.5, 0.6) is 0 Å². The van der Waals surface area contributed by atoms with Crippen molar-refractivity contribution >= 4 is 58.3 Å². The molecule has 3 heterocycles. The second-order valence-corrected chi connectivity index (χ2v) is 7.68. The van der Waals surface area contributed by atoms with Gasteiger partial charge in [-0.25, -0.2) is 0 Å². The van der Waals surface area contributed by atoms with Crippen LogP contribution in [0.4, 0.5) is 0 Å². The number of carbonyl (C=O) groups is 2. The number of benzene rings is 1. The Morgan fingerprint density at radius 1 is 1.04 bits per heavy atom. The molecule has 7 nitrogen and oxygen atoms in total. The van der Waals surface area contributed by atoms with E-state index in [0.717, 1.165) is 42.4 Å². The van der Waals surface area contributed by atoms with Crippen molar-refractivity contribution in [3.8, 4) is 0 Å². The lowest BCUT2D eigenvalue weighted by molar-refractivity contribution is 0.0638. The van der Waals surface area contributed by atoms with Crippen molar-refractivity contribution in [2.24, 2.45) is 0 Å². The molecular weight excluding hydrogens is 418 g/mol. The van der Waals surface area contributed by atoms with Crippen LogP contribution in [0, 0.1) is 0 Å². The minimum Gasteiger partial charge on any atom is -0.351 e. The predicted molar refractivity (Wildman–Crippen MR) is 114 cm³/mol. The maximum atomic E-state index is 12.7. The molecule has 0 radical (unpaired) electrons. The number of nitrogens with one attached hydrogen (secondary N) is 1. The highest BCUT2D eigenvalue weighted by Crippen LogP contribution is 2.16. The zero-order valence-corrected chi connectivity index (χ0v) is 17.5. The first-order valence-corrected chi connectivity index (χ1v) is 10.4. The van der Waals surface area contributed by atoms with Gasteiger partial charge in [-0.05, 0) is 29.6 Å². The normalized spacial score (nSPS) is 14.6. The minimum absolute atomic E-state index is 0. The minimum atomic E-state index is -0.0306. The molecule has 0 unspecified atom stereocenters. The molecule has 2 aromatic heterocycles. The fourth-order valence-corrected chi connectivity index (χ4v) is 4.25. The molecule has 0 atom stereocenters. The lowest BCUT2D eigenvalue weighted by atomic mass is 10.1. The monoisotopic (exact) mass is 437 g/mol. The van der Waals surface area contributed by atoms with Crippen LogP contribution in [0.3, 0.4) is 0 Å². The molecule has 10 heteroatoms. The molecule has 1 N–H and O–H groups in total. The Morgan fingerprint density at radius 3 is 2.57 bits per heavy atom. The number of fused-ring (bicyclic) bond motifs is 1. The first-order valence-electron chi connectivity index (χ1n) is 8.75. The largest absolute Gasteiger partial charge is 0.351 e. The Hall–Kier alpha value is -2.07. The third kappa shape index (κ3) is 4.67. The standard InChI is InChI=1S/C18H19N5O2S2.ClH/c24-17(14-3-10-26-12-14)19-4-5-22-6-8-23(9-7-22)18(25)13-1-2-15-16(11-13)21-27-20-15;/h1-3,10-12H,4-9H2,(H,19,24);1H. The lowest BCUT2D eigenvalue weighted by Gasteiger charge is -2.34. The molecule has 2 amide bonds. The van der Waals surface area contributed by atoms with E-state index in [-0.39, 0.29) is 24.2 Å². The third-order valence-electron chi connectivity index (χ3n) is 4.66. The number of rotatable bonds is 5. The second-order valence-electron chi connectivity index (χ2n) is 6.37. The fourth-order valence-electron chi connectivity index (χ4n) is 3.10. The van der Waals surface area contributed by atoms with Gasteiger partial charge in [-0.3, -0.25) is 14.5 Å². The van der Waals surface area contributed by atoms with Crippen LogP contribution >= 0.6 is 35.5 Å². The Kier molecular flexibility index (Phi) is 6.95. The maximum Gasteiger partial charge on any atom is 0.254 e. The molecule has 4 rings (SSSR count). The zero-order chi connectivity index (χ0) is 18.6. The van der Waals surface area contributed by atoms with Crippen molar-refractivity contribution in [1.29, 1.82) is 0 Å². The lowest BCUT2D eigenvalue weighted by Crippen LogP contribution is -2.50. The van der Waals surface area contributed by atoms with Crippen molar-refractivity contribution in [2.75, 3.05) is 39.3 Å².